The number of aldehydes is 1. The van der Waals surface area contributed by atoms with Crippen LogP contribution in [0, 0.1) is 12.8 Å². The van der Waals surface area contributed by atoms with E-state index in [1.54, 1.807) is 12.3 Å². The molecule has 1 fully saturated rings. The zero-order valence-electron chi connectivity index (χ0n) is 15.3. The van der Waals surface area contributed by atoms with E-state index in [4.69, 9.17) is 4.74 Å². The molecule has 3 rings (SSSR count). The molecule has 0 atom stereocenters. The molecule has 0 aliphatic heterocycles. The topological polar surface area (TPSA) is 39.2 Å². The highest BCUT2D eigenvalue weighted by Crippen LogP contribution is 2.39. The highest BCUT2D eigenvalue weighted by molar-refractivity contribution is 5.90. The molecular formula is C20H24F3NO2. The number of halogens is 3. The summed E-state index contributed by atoms with van der Waals surface area (Å²) in [6, 6.07) is 5.35. The lowest BCUT2D eigenvalue weighted by Crippen LogP contribution is -2.32. The van der Waals surface area contributed by atoms with Crippen molar-refractivity contribution >= 4 is 17.1 Å². The fourth-order valence-electron chi connectivity index (χ4n) is 3.24. The molecule has 1 aliphatic rings. The lowest BCUT2D eigenvalue weighted by molar-refractivity contribution is -0.185. The zero-order valence-corrected chi connectivity index (χ0v) is 15.3. The maximum Gasteiger partial charge on any atom is 0.391 e. The number of pyridine rings is 1. The second-order valence-electron chi connectivity index (χ2n) is 6.27. The highest BCUT2D eigenvalue weighted by atomic mass is 19.4. The van der Waals surface area contributed by atoms with Crippen molar-refractivity contribution in [1.29, 1.82) is 0 Å². The van der Waals surface area contributed by atoms with E-state index >= 15 is 0 Å². The highest BCUT2D eigenvalue weighted by Gasteiger charge is 2.41. The van der Waals surface area contributed by atoms with Crippen molar-refractivity contribution in [3.63, 3.8) is 0 Å². The summed E-state index contributed by atoms with van der Waals surface area (Å²) >= 11 is 0. The molecule has 0 N–H and O–H groups in total. The van der Waals surface area contributed by atoms with Crippen LogP contribution in [0.3, 0.4) is 0 Å². The normalized spacial score (nSPS) is 20.2. The Kier molecular flexibility index (Phi) is 6.62. The van der Waals surface area contributed by atoms with E-state index in [2.05, 4.69) is 4.98 Å². The number of fused-ring (bicyclic) bond motifs is 1. The summed E-state index contributed by atoms with van der Waals surface area (Å²) in [5.41, 5.74) is 1.25. The Hall–Kier alpha value is -2.11. The first kappa shape index (κ1) is 20.2. The predicted octanol–water partition coefficient (Wildman–Crippen LogP) is 5.88. The molecule has 3 nitrogen and oxygen atoms in total. The van der Waals surface area contributed by atoms with Gasteiger partial charge in [-0.2, -0.15) is 13.2 Å². The first-order valence-corrected chi connectivity index (χ1v) is 8.96. The molecule has 0 bridgehead atoms. The van der Waals surface area contributed by atoms with Crippen molar-refractivity contribution in [2.24, 2.45) is 5.92 Å². The lowest BCUT2D eigenvalue weighted by atomic mass is 9.87. The summed E-state index contributed by atoms with van der Waals surface area (Å²) in [5.74, 6) is -0.542. The lowest BCUT2D eigenvalue weighted by Gasteiger charge is -2.30. The van der Waals surface area contributed by atoms with Gasteiger partial charge in [-0.3, -0.25) is 9.78 Å². The largest absolute Gasteiger partial charge is 0.490 e. The van der Waals surface area contributed by atoms with Gasteiger partial charge in [0.2, 0.25) is 0 Å². The molecule has 1 aromatic carbocycles. The van der Waals surface area contributed by atoms with Crippen molar-refractivity contribution in [2.75, 3.05) is 0 Å². The number of hydrogen-bond donors (Lipinski definition) is 0. The number of alkyl halides is 3. The number of nitrogens with zero attached hydrogens (tertiary/aromatic N) is 1. The Labute approximate surface area is 151 Å². The van der Waals surface area contributed by atoms with Gasteiger partial charge >= 0.3 is 6.18 Å². The molecule has 0 amide bonds. The van der Waals surface area contributed by atoms with E-state index < -0.39 is 12.1 Å². The number of benzene rings is 1. The average Bonchev–Trinajstić information content (AvgIpc) is 2.65. The van der Waals surface area contributed by atoms with Crippen LogP contribution in [0.4, 0.5) is 13.2 Å². The van der Waals surface area contributed by atoms with Crippen LogP contribution < -0.4 is 4.74 Å². The van der Waals surface area contributed by atoms with Crippen LogP contribution in [0.5, 0.6) is 5.75 Å². The van der Waals surface area contributed by atoms with Gasteiger partial charge in [-0.15, -0.1) is 0 Å². The Bertz CT molecular complexity index is 751. The Morgan fingerprint density at radius 2 is 1.81 bits per heavy atom. The van der Waals surface area contributed by atoms with E-state index in [1.165, 1.54) is 0 Å². The second kappa shape index (κ2) is 8.52. The number of carbonyl (C=O) groups excluding carboxylic acids is 1. The fourth-order valence-corrected chi connectivity index (χ4v) is 3.24. The van der Waals surface area contributed by atoms with Gasteiger partial charge in [0.15, 0.2) is 6.29 Å². The second-order valence-corrected chi connectivity index (χ2v) is 6.27. The van der Waals surface area contributed by atoms with Crippen LogP contribution >= 0.6 is 0 Å². The number of rotatable bonds is 3. The first-order valence-electron chi connectivity index (χ1n) is 8.96. The van der Waals surface area contributed by atoms with Gasteiger partial charge < -0.3 is 4.74 Å². The van der Waals surface area contributed by atoms with Crippen molar-refractivity contribution in [2.45, 2.75) is 58.7 Å². The fraction of sp³-hybridized carbons (Fsp3) is 0.500. The van der Waals surface area contributed by atoms with E-state index in [0.29, 0.717) is 30.6 Å². The molecule has 26 heavy (non-hydrogen) atoms. The molecule has 1 aliphatic carbocycles. The molecule has 0 unspecified atom stereocenters. The maximum atomic E-state index is 12.7. The summed E-state index contributed by atoms with van der Waals surface area (Å²) in [7, 11) is 0. The molecule has 0 radical (unpaired) electrons. The van der Waals surface area contributed by atoms with Gasteiger partial charge in [0.25, 0.3) is 0 Å². The first-order chi connectivity index (χ1) is 12.4. The predicted molar refractivity (Wildman–Crippen MR) is 95.6 cm³/mol. The summed E-state index contributed by atoms with van der Waals surface area (Å²) in [6.45, 7) is 5.89. The van der Waals surface area contributed by atoms with E-state index in [0.717, 1.165) is 16.3 Å². The minimum Gasteiger partial charge on any atom is -0.490 e. The third kappa shape index (κ3) is 4.54. The molecule has 0 saturated heterocycles. The minimum absolute atomic E-state index is 0.116. The van der Waals surface area contributed by atoms with Crippen LogP contribution in [-0.2, 0) is 0 Å². The molecule has 6 heteroatoms. The molecule has 2 aromatic rings. The summed E-state index contributed by atoms with van der Waals surface area (Å²) in [5, 5.41) is 1.76. The quantitative estimate of drug-likeness (QED) is 0.636. The standard InChI is InChI=1S/C18H18F3NO2.C2H6/c1-11-16-9-22-14(10-23)8-12(16)2-7-17(11)24-15-5-3-13(4-6-15)18(19,20)21;1-2/h2,7-10,13,15H,3-6H2,1H3;1-2H3. The van der Waals surface area contributed by atoms with Gasteiger partial charge in [0.1, 0.15) is 11.4 Å². The zero-order chi connectivity index (χ0) is 19.3. The molecule has 142 valence electrons. The van der Waals surface area contributed by atoms with E-state index in [-0.39, 0.29) is 18.9 Å². The number of aromatic nitrogens is 1. The van der Waals surface area contributed by atoms with Crippen LogP contribution in [0.25, 0.3) is 10.8 Å². The molecule has 1 heterocycles. The number of ether oxygens (including phenoxy) is 1. The Morgan fingerprint density at radius 1 is 1.15 bits per heavy atom. The number of aryl methyl sites for hydroxylation is 1. The smallest absolute Gasteiger partial charge is 0.391 e. The summed E-state index contributed by atoms with van der Waals surface area (Å²) < 4.78 is 44.1. The molecule has 0 spiro atoms. The van der Waals surface area contributed by atoms with Crippen molar-refractivity contribution in [1.82, 2.24) is 4.98 Å². The molecule has 1 saturated carbocycles. The number of carbonyl (C=O) groups is 1. The van der Waals surface area contributed by atoms with Crippen LogP contribution in [0.1, 0.15) is 55.6 Å². The molecular weight excluding hydrogens is 343 g/mol. The van der Waals surface area contributed by atoms with Gasteiger partial charge in [0, 0.05) is 17.1 Å². The van der Waals surface area contributed by atoms with Crippen LogP contribution in [0.2, 0.25) is 0 Å². The Morgan fingerprint density at radius 3 is 2.38 bits per heavy atom. The van der Waals surface area contributed by atoms with Crippen molar-refractivity contribution in [3.8, 4) is 5.75 Å². The van der Waals surface area contributed by atoms with Gasteiger partial charge in [-0.1, -0.05) is 19.9 Å². The van der Waals surface area contributed by atoms with E-state index in [1.807, 2.05) is 32.9 Å². The van der Waals surface area contributed by atoms with Gasteiger partial charge in [-0.05, 0) is 50.1 Å². The van der Waals surface area contributed by atoms with Crippen molar-refractivity contribution < 1.29 is 22.7 Å². The SMILES string of the molecule is CC.Cc1c(OC2CCC(C(F)(F)F)CC2)ccc2cc(C=O)ncc12. The summed E-state index contributed by atoms with van der Waals surface area (Å²) in [6.07, 6.45) is -0.933. The third-order valence-corrected chi connectivity index (χ3v) is 4.70. The van der Waals surface area contributed by atoms with E-state index in [9.17, 15) is 18.0 Å². The minimum atomic E-state index is -4.11. The average molecular weight is 367 g/mol. The summed E-state index contributed by atoms with van der Waals surface area (Å²) in [4.78, 5) is 14.9. The van der Waals surface area contributed by atoms with Crippen LogP contribution in [-0.4, -0.2) is 23.6 Å². The maximum absolute atomic E-state index is 12.7. The number of hydrogen-bond acceptors (Lipinski definition) is 3. The van der Waals surface area contributed by atoms with Crippen LogP contribution in [0.15, 0.2) is 24.4 Å². The Balaban J connectivity index is 0.00000117. The third-order valence-electron chi connectivity index (χ3n) is 4.70. The molecule has 1 aromatic heterocycles. The van der Waals surface area contributed by atoms with Crippen molar-refractivity contribution in [3.05, 3.63) is 35.7 Å². The van der Waals surface area contributed by atoms with Gasteiger partial charge in [-0.25, -0.2) is 0 Å². The van der Waals surface area contributed by atoms with Gasteiger partial charge in [0.05, 0.1) is 12.0 Å². The monoisotopic (exact) mass is 367 g/mol.